The van der Waals surface area contributed by atoms with Crippen molar-refractivity contribution in [3.8, 4) is 0 Å². The van der Waals surface area contributed by atoms with Gasteiger partial charge in [-0.25, -0.2) is 12.4 Å². The molecule has 6 heteroatoms. The van der Waals surface area contributed by atoms with Crippen molar-refractivity contribution in [1.82, 2.24) is 9.29 Å². The van der Waals surface area contributed by atoms with Gasteiger partial charge in [0.25, 0.3) is 0 Å². The molecule has 0 radical (unpaired) electrons. The van der Waals surface area contributed by atoms with Crippen LogP contribution in [0, 0.1) is 0 Å². The number of nitrogens with zero attached hydrogens (tertiary/aromatic N) is 1. The minimum atomic E-state index is -3.59. The Morgan fingerprint density at radius 1 is 1.43 bits per heavy atom. The maximum Gasteiger partial charge on any atom is 0.245 e. The minimum Gasteiger partial charge on any atom is -0.317 e. The highest BCUT2D eigenvalue weighted by Crippen LogP contribution is 2.19. The molecule has 2 rings (SSSR count). The number of nitrogens with one attached hydrogen (secondary N) is 1. The number of allylic oxidation sites excluding steroid dienone is 3. The predicted molar refractivity (Wildman–Crippen MR) is 82.9 cm³/mol. The van der Waals surface area contributed by atoms with E-state index in [0.717, 1.165) is 10.5 Å². The Kier molecular flexibility index (Phi) is 5.14. The van der Waals surface area contributed by atoms with Gasteiger partial charge in [0.05, 0.1) is 5.69 Å². The summed E-state index contributed by atoms with van der Waals surface area (Å²) in [6.45, 7) is 3.29. The Bertz CT molecular complexity index is 656. The Morgan fingerprint density at radius 3 is 2.90 bits per heavy atom. The van der Waals surface area contributed by atoms with Gasteiger partial charge in [-0.2, -0.15) is 0 Å². The maximum absolute atomic E-state index is 12.6. The van der Waals surface area contributed by atoms with Gasteiger partial charge < -0.3 is 5.32 Å². The lowest BCUT2D eigenvalue weighted by atomic mass is 10.2. The van der Waals surface area contributed by atoms with Crippen LogP contribution in [0.3, 0.4) is 0 Å². The number of carbonyl (C=O) groups excluding carboxylic acids is 1. The topological polar surface area (TPSA) is 68.2 Å². The zero-order valence-electron chi connectivity index (χ0n) is 12.0. The van der Waals surface area contributed by atoms with Crippen molar-refractivity contribution in [2.75, 3.05) is 13.1 Å². The molecule has 1 aliphatic carbocycles. The zero-order chi connectivity index (χ0) is 15.3. The van der Waals surface area contributed by atoms with Gasteiger partial charge in [0.1, 0.15) is 5.25 Å². The van der Waals surface area contributed by atoms with Crippen molar-refractivity contribution in [3.05, 3.63) is 48.3 Å². The molecule has 0 aliphatic heterocycles. The number of aromatic nitrogens is 1. The lowest BCUT2D eigenvalue weighted by Gasteiger charge is -2.17. The molecular formula is C15H20N2O3S. The molecule has 1 aromatic rings. The monoisotopic (exact) mass is 308 g/mol. The van der Waals surface area contributed by atoms with Crippen LogP contribution in [0.25, 0.3) is 0 Å². The van der Waals surface area contributed by atoms with Gasteiger partial charge in [-0.15, -0.1) is 0 Å². The first-order chi connectivity index (χ1) is 10.1. The van der Waals surface area contributed by atoms with E-state index in [2.05, 4.69) is 5.32 Å². The highest BCUT2D eigenvalue weighted by atomic mass is 32.2. The van der Waals surface area contributed by atoms with E-state index in [1.807, 2.05) is 19.1 Å². The molecule has 0 fully saturated rings. The standard InChI is InChI=1S/C15H20N2O3S/c1-2-16-11-10-15(18)14-9-6-12-17(14)21(19,20)13-7-4-3-5-8-13/h3-7,9,12-13,16H,2,8,10-11H2,1H3/t13-/m0/s1. The van der Waals surface area contributed by atoms with Crippen LogP contribution in [-0.2, 0) is 10.0 Å². The van der Waals surface area contributed by atoms with Crippen LogP contribution >= 0.6 is 0 Å². The fourth-order valence-corrected chi connectivity index (χ4v) is 3.85. The molecule has 0 spiro atoms. The van der Waals surface area contributed by atoms with E-state index < -0.39 is 15.3 Å². The summed E-state index contributed by atoms with van der Waals surface area (Å²) in [5, 5.41) is 2.45. The highest BCUT2D eigenvalue weighted by Gasteiger charge is 2.27. The van der Waals surface area contributed by atoms with Crippen molar-refractivity contribution >= 4 is 15.8 Å². The van der Waals surface area contributed by atoms with E-state index in [9.17, 15) is 13.2 Å². The fourth-order valence-electron chi connectivity index (χ4n) is 2.24. The molecule has 5 nitrogen and oxygen atoms in total. The van der Waals surface area contributed by atoms with Crippen LogP contribution in [0.15, 0.2) is 42.6 Å². The first kappa shape index (κ1) is 15.7. The first-order valence-corrected chi connectivity index (χ1v) is 8.56. The van der Waals surface area contributed by atoms with Gasteiger partial charge in [0.2, 0.25) is 10.0 Å². The van der Waals surface area contributed by atoms with Crippen LogP contribution in [0.1, 0.15) is 30.3 Å². The lowest BCUT2D eigenvalue weighted by Crippen LogP contribution is -2.29. The van der Waals surface area contributed by atoms with Gasteiger partial charge in [-0.3, -0.25) is 4.79 Å². The summed E-state index contributed by atoms with van der Waals surface area (Å²) >= 11 is 0. The van der Waals surface area contributed by atoms with Crippen molar-refractivity contribution in [2.24, 2.45) is 0 Å². The molecule has 21 heavy (non-hydrogen) atoms. The van der Waals surface area contributed by atoms with Crippen molar-refractivity contribution in [3.63, 3.8) is 0 Å². The van der Waals surface area contributed by atoms with E-state index in [1.54, 1.807) is 24.3 Å². The van der Waals surface area contributed by atoms with E-state index in [-0.39, 0.29) is 17.9 Å². The quantitative estimate of drug-likeness (QED) is 0.615. The smallest absolute Gasteiger partial charge is 0.245 e. The van der Waals surface area contributed by atoms with Crippen LogP contribution in [0.5, 0.6) is 0 Å². The van der Waals surface area contributed by atoms with Gasteiger partial charge in [0, 0.05) is 19.2 Å². The molecule has 1 aromatic heterocycles. The molecule has 0 aromatic carbocycles. The number of Topliss-reactive ketones (excluding diaryl/α,β-unsaturated/α-hetero) is 1. The number of hydrogen-bond donors (Lipinski definition) is 1. The third kappa shape index (κ3) is 3.51. The van der Waals surface area contributed by atoms with Crippen LogP contribution < -0.4 is 5.32 Å². The van der Waals surface area contributed by atoms with Gasteiger partial charge in [0.15, 0.2) is 5.78 Å². The zero-order valence-corrected chi connectivity index (χ0v) is 12.8. The normalized spacial score (nSPS) is 18.0. The van der Waals surface area contributed by atoms with Crippen molar-refractivity contribution < 1.29 is 13.2 Å². The van der Waals surface area contributed by atoms with Crippen LogP contribution in [0.2, 0.25) is 0 Å². The lowest BCUT2D eigenvalue weighted by molar-refractivity contribution is 0.0977. The number of hydrogen-bond acceptors (Lipinski definition) is 4. The Balaban J connectivity index is 2.21. The van der Waals surface area contributed by atoms with Gasteiger partial charge in [-0.05, 0) is 25.1 Å². The molecule has 1 N–H and O–H groups in total. The second-order valence-corrected chi connectivity index (χ2v) is 6.88. The summed E-state index contributed by atoms with van der Waals surface area (Å²) in [4.78, 5) is 12.2. The van der Waals surface area contributed by atoms with E-state index in [1.165, 1.54) is 6.20 Å². The molecule has 0 saturated carbocycles. The maximum atomic E-state index is 12.6. The summed E-state index contributed by atoms with van der Waals surface area (Å²) in [5.74, 6) is -0.167. The van der Waals surface area contributed by atoms with Crippen LogP contribution in [0.4, 0.5) is 0 Å². The van der Waals surface area contributed by atoms with E-state index >= 15 is 0 Å². The molecule has 0 saturated heterocycles. The molecule has 1 heterocycles. The molecule has 0 unspecified atom stereocenters. The second-order valence-electron chi connectivity index (χ2n) is 4.85. The molecule has 114 valence electrons. The van der Waals surface area contributed by atoms with Crippen molar-refractivity contribution in [2.45, 2.75) is 25.0 Å². The minimum absolute atomic E-state index is 0.167. The summed E-state index contributed by atoms with van der Waals surface area (Å²) in [7, 11) is -3.59. The van der Waals surface area contributed by atoms with E-state index in [0.29, 0.717) is 13.0 Å². The second kappa shape index (κ2) is 6.87. The highest BCUT2D eigenvalue weighted by molar-refractivity contribution is 7.90. The van der Waals surface area contributed by atoms with Crippen molar-refractivity contribution in [1.29, 1.82) is 0 Å². The molecule has 0 bridgehead atoms. The van der Waals surface area contributed by atoms with Gasteiger partial charge >= 0.3 is 0 Å². The fraction of sp³-hybridized carbons (Fsp3) is 0.400. The number of carbonyl (C=O) groups is 1. The van der Waals surface area contributed by atoms with Gasteiger partial charge in [-0.1, -0.05) is 31.2 Å². The third-order valence-corrected chi connectivity index (χ3v) is 5.36. The Hall–Kier alpha value is -1.66. The average molecular weight is 308 g/mol. The van der Waals surface area contributed by atoms with Crippen LogP contribution in [-0.4, -0.2) is 36.5 Å². The Morgan fingerprint density at radius 2 is 2.24 bits per heavy atom. The SMILES string of the molecule is CCNCCC(=O)c1cccn1S(=O)(=O)[C@H]1C=CC=CC1. The third-order valence-electron chi connectivity index (χ3n) is 3.38. The average Bonchev–Trinajstić information content (AvgIpc) is 2.98. The first-order valence-electron chi connectivity index (χ1n) is 7.06. The van der Waals surface area contributed by atoms with E-state index in [4.69, 9.17) is 0 Å². The summed E-state index contributed by atoms with van der Waals surface area (Å²) < 4.78 is 26.3. The molecule has 1 aliphatic rings. The Labute approximate surface area is 125 Å². The molecular weight excluding hydrogens is 288 g/mol. The largest absolute Gasteiger partial charge is 0.317 e. The predicted octanol–water partition coefficient (Wildman–Crippen LogP) is 1.73. The summed E-state index contributed by atoms with van der Waals surface area (Å²) in [5.41, 5.74) is 0.232. The number of ketones is 1. The molecule has 0 amide bonds. The number of rotatable bonds is 7. The summed E-state index contributed by atoms with van der Waals surface area (Å²) in [6.07, 6.45) is 9.18. The summed E-state index contributed by atoms with van der Waals surface area (Å²) in [6, 6.07) is 3.16. The molecule has 1 atom stereocenters.